The highest BCUT2D eigenvalue weighted by atomic mass is 16.7. The van der Waals surface area contributed by atoms with Crippen LogP contribution in [0.3, 0.4) is 0 Å². The molecular formula is C17H35N3O2. The predicted molar refractivity (Wildman–Crippen MR) is 92.2 cm³/mol. The number of hydrogen-bond acceptors (Lipinski definition) is 3. The molecule has 0 radical (unpaired) electrons. The van der Waals surface area contributed by atoms with Crippen LogP contribution in [0.15, 0.2) is 5.16 Å². The summed E-state index contributed by atoms with van der Waals surface area (Å²) in [6.07, 6.45) is 17.1. The zero-order valence-electron chi connectivity index (χ0n) is 14.3. The van der Waals surface area contributed by atoms with Crippen molar-refractivity contribution >= 4 is 11.9 Å². The molecule has 0 rings (SSSR count). The highest BCUT2D eigenvalue weighted by Crippen LogP contribution is 2.13. The normalized spacial score (nSPS) is 10.4. The topological polar surface area (TPSA) is 90.7 Å². The lowest BCUT2D eigenvalue weighted by Crippen LogP contribution is -2.23. The molecule has 0 heterocycles. The first-order valence-electron chi connectivity index (χ1n) is 8.95. The van der Waals surface area contributed by atoms with Crippen LogP contribution in [-0.4, -0.2) is 11.9 Å². The number of carbonyl (C=O) groups excluding carboxylic acids is 1. The lowest BCUT2D eigenvalue weighted by molar-refractivity contribution is -0.143. The minimum atomic E-state index is -0.364. The Morgan fingerprint density at radius 3 is 1.59 bits per heavy atom. The van der Waals surface area contributed by atoms with Crippen molar-refractivity contribution in [3.05, 3.63) is 0 Å². The van der Waals surface area contributed by atoms with E-state index in [-0.39, 0.29) is 11.9 Å². The van der Waals surface area contributed by atoms with Gasteiger partial charge in [-0.1, -0.05) is 84.0 Å². The van der Waals surface area contributed by atoms with Crippen LogP contribution in [0.1, 0.15) is 96.8 Å². The molecule has 22 heavy (non-hydrogen) atoms. The van der Waals surface area contributed by atoms with Crippen molar-refractivity contribution in [2.45, 2.75) is 96.8 Å². The van der Waals surface area contributed by atoms with E-state index in [1.165, 1.54) is 70.6 Å². The van der Waals surface area contributed by atoms with Gasteiger partial charge < -0.3 is 16.3 Å². The molecule has 0 saturated heterocycles. The Bertz CT molecular complexity index is 290. The summed E-state index contributed by atoms with van der Waals surface area (Å²) in [5.74, 6) is -0.588. The maximum Gasteiger partial charge on any atom is 0.335 e. The van der Waals surface area contributed by atoms with Gasteiger partial charge in [-0.05, 0) is 11.6 Å². The highest BCUT2D eigenvalue weighted by Gasteiger charge is 2.02. The number of unbranched alkanes of at least 4 members (excludes halogenated alkanes) is 12. The van der Waals surface area contributed by atoms with Gasteiger partial charge in [0.25, 0.3) is 0 Å². The molecule has 0 aromatic carbocycles. The summed E-state index contributed by atoms with van der Waals surface area (Å²) < 4.78 is 0. The molecule has 0 aliphatic carbocycles. The molecule has 5 heteroatoms. The Balaban J connectivity index is 3.14. The largest absolute Gasteiger partial charge is 0.367 e. The van der Waals surface area contributed by atoms with E-state index >= 15 is 0 Å². The van der Waals surface area contributed by atoms with E-state index in [1.54, 1.807) is 0 Å². The van der Waals surface area contributed by atoms with Gasteiger partial charge in [0.2, 0.25) is 5.96 Å². The van der Waals surface area contributed by atoms with Crippen LogP contribution >= 0.6 is 0 Å². The number of oxime groups is 1. The Labute approximate surface area is 135 Å². The number of rotatable bonds is 15. The Morgan fingerprint density at radius 2 is 1.18 bits per heavy atom. The molecule has 0 aromatic rings. The predicted octanol–water partition coefficient (Wildman–Crippen LogP) is 4.20. The van der Waals surface area contributed by atoms with Gasteiger partial charge in [0.15, 0.2) is 0 Å². The maximum absolute atomic E-state index is 11.2. The second-order valence-corrected chi connectivity index (χ2v) is 5.97. The van der Waals surface area contributed by atoms with E-state index in [9.17, 15) is 4.79 Å². The van der Waals surface area contributed by atoms with Crippen molar-refractivity contribution in [2.24, 2.45) is 16.6 Å². The van der Waals surface area contributed by atoms with Crippen molar-refractivity contribution in [1.29, 1.82) is 0 Å². The molecule has 0 aliphatic heterocycles. The highest BCUT2D eigenvalue weighted by molar-refractivity contribution is 5.77. The Morgan fingerprint density at radius 1 is 0.773 bits per heavy atom. The molecule has 0 atom stereocenters. The zero-order valence-corrected chi connectivity index (χ0v) is 14.3. The molecule has 4 N–H and O–H groups in total. The lowest BCUT2D eigenvalue weighted by Gasteiger charge is -2.02. The number of hydrogen-bond donors (Lipinski definition) is 2. The number of carbonyl (C=O) groups is 1. The summed E-state index contributed by atoms with van der Waals surface area (Å²) in [6, 6.07) is 0. The van der Waals surface area contributed by atoms with Crippen LogP contribution in [0.4, 0.5) is 0 Å². The SMILES string of the molecule is CCCCCCCCCCCCCCCC(=O)ON=C(N)N. The summed E-state index contributed by atoms with van der Waals surface area (Å²) in [5, 5.41) is 3.23. The van der Waals surface area contributed by atoms with Crippen LogP contribution in [0, 0.1) is 0 Å². The zero-order chi connectivity index (χ0) is 16.5. The van der Waals surface area contributed by atoms with Crippen LogP contribution in [0.5, 0.6) is 0 Å². The lowest BCUT2D eigenvalue weighted by atomic mass is 10.0. The fourth-order valence-electron chi connectivity index (χ4n) is 2.44. The third kappa shape index (κ3) is 16.8. The molecule has 0 unspecified atom stereocenters. The first-order valence-corrected chi connectivity index (χ1v) is 8.95. The van der Waals surface area contributed by atoms with E-state index in [4.69, 9.17) is 11.5 Å². The van der Waals surface area contributed by atoms with Crippen LogP contribution in [-0.2, 0) is 9.63 Å². The monoisotopic (exact) mass is 313 g/mol. The van der Waals surface area contributed by atoms with Gasteiger partial charge in [0.1, 0.15) is 0 Å². The van der Waals surface area contributed by atoms with Gasteiger partial charge in [-0.15, -0.1) is 0 Å². The minimum Gasteiger partial charge on any atom is -0.367 e. The minimum absolute atomic E-state index is 0.223. The fraction of sp³-hybridized carbons (Fsp3) is 0.882. The first kappa shape index (κ1) is 20.7. The second-order valence-electron chi connectivity index (χ2n) is 5.97. The Kier molecular flexibility index (Phi) is 15.2. The van der Waals surface area contributed by atoms with E-state index in [2.05, 4.69) is 16.9 Å². The van der Waals surface area contributed by atoms with Crippen LogP contribution in [0.2, 0.25) is 0 Å². The maximum atomic E-state index is 11.2. The average molecular weight is 313 g/mol. The first-order chi connectivity index (χ1) is 10.7. The van der Waals surface area contributed by atoms with Crippen molar-refractivity contribution in [2.75, 3.05) is 0 Å². The van der Waals surface area contributed by atoms with E-state index in [0.29, 0.717) is 6.42 Å². The van der Waals surface area contributed by atoms with E-state index < -0.39 is 0 Å². The van der Waals surface area contributed by atoms with Crippen LogP contribution < -0.4 is 11.5 Å². The molecule has 0 aromatic heterocycles. The third-order valence-corrected chi connectivity index (χ3v) is 3.74. The summed E-state index contributed by atoms with van der Waals surface area (Å²) in [6.45, 7) is 2.26. The van der Waals surface area contributed by atoms with E-state index in [1.807, 2.05) is 0 Å². The fourth-order valence-corrected chi connectivity index (χ4v) is 2.44. The Hall–Kier alpha value is -1.26. The van der Waals surface area contributed by atoms with Crippen molar-refractivity contribution in [3.63, 3.8) is 0 Å². The van der Waals surface area contributed by atoms with Gasteiger partial charge >= 0.3 is 5.97 Å². The average Bonchev–Trinajstić information content (AvgIpc) is 2.49. The molecule has 0 saturated carbocycles. The summed E-state index contributed by atoms with van der Waals surface area (Å²) >= 11 is 0. The van der Waals surface area contributed by atoms with Crippen molar-refractivity contribution < 1.29 is 9.63 Å². The molecule has 0 fully saturated rings. The molecule has 0 spiro atoms. The van der Waals surface area contributed by atoms with Gasteiger partial charge in [-0.25, -0.2) is 4.79 Å². The number of nitrogens with two attached hydrogens (primary N) is 2. The molecule has 0 aliphatic rings. The molecular weight excluding hydrogens is 278 g/mol. The van der Waals surface area contributed by atoms with Gasteiger partial charge in [0, 0.05) is 6.42 Å². The molecule has 0 bridgehead atoms. The number of nitrogens with zero attached hydrogens (tertiary/aromatic N) is 1. The van der Waals surface area contributed by atoms with Crippen molar-refractivity contribution in [3.8, 4) is 0 Å². The van der Waals surface area contributed by atoms with Gasteiger partial charge in [-0.3, -0.25) is 0 Å². The standard InChI is InChI=1S/C17H35N3O2/c1-2-3-4-5-6-7-8-9-10-11-12-13-14-15-16(21)22-20-17(18)19/h2-15H2,1H3,(H4,18,19,20). The van der Waals surface area contributed by atoms with E-state index in [0.717, 1.165) is 12.8 Å². The molecule has 5 nitrogen and oxygen atoms in total. The molecule has 130 valence electrons. The quantitative estimate of drug-likeness (QED) is 0.156. The molecule has 0 amide bonds. The van der Waals surface area contributed by atoms with Crippen molar-refractivity contribution in [1.82, 2.24) is 0 Å². The summed E-state index contributed by atoms with van der Waals surface area (Å²) in [4.78, 5) is 15.7. The number of guanidine groups is 1. The summed E-state index contributed by atoms with van der Waals surface area (Å²) in [5.41, 5.74) is 10.1. The van der Waals surface area contributed by atoms with Gasteiger partial charge in [-0.2, -0.15) is 0 Å². The third-order valence-electron chi connectivity index (χ3n) is 3.74. The summed E-state index contributed by atoms with van der Waals surface area (Å²) in [7, 11) is 0. The van der Waals surface area contributed by atoms with Crippen LogP contribution in [0.25, 0.3) is 0 Å². The smallest absolute Gasteiger partial charge is 0.335 e. The second kappa shape index (κ2) is 16.1. The van der Waals surface area contributed by atoms with Gasteiger partial charge in [0.05, 0.1) is 0 Å².